The topological polar surface area (TPSA) is 75.4 Å². The Kier molecular flexibility index (Phi) is 4.98. The van der Waals surface area contributed by atoms with E-state index in [9.17, 15) is 23.1 Å². The lowest BCUT2D eigenvalue weighted by molar-refractivity contribution is -0.274. The number of halogens is 3. The van der Waals surface area contributed by atoms with Crippen LogP contribution < -0.4 is 5.32 Å². The van der Waals surface area contributed by atoms with Crippen molar-refractivity contribution in [3.05, 3.63) is 53.2 Å². The van der Waals surface area contributed by atoms with Gasteiger partial charge in [-0.15, -0.1) is 0 Å². The average Bonchev–Trinajstić information content (AvgIpc) is 2.93. The SMILES string of the molecule is Cc1ccc(C(=O)NCC[C@](O)(c2ccc(C)o2)C(F)(F)F)cn1. The van der Waals surface area contributed by atoms with Gasteiger partial charge in [0.25, 0.3) is 5.91 Å². The van der Waals surface area contributed by atoms with Crippen LogP contribution in [0.1, 0.15) is 34.0 Å². The minimum absolute atomic E-state index is 0.227. The van der Waals surface area contributed by atoms with Gasteiger partial charge in [-0.3, -0.25) is 9.78 Å². The zero-order valence-corrected chi connectivity index (χ0v) is 13.1. The van der Waals surface area contributed by atoms with Gasteiger partial charge in [0.15, 0.2) is 0 Å². The third-order valence-corrected chi connectivity index (χ3v) is 3.56. The highest BCUT2D eigenvalue weighted by Gasteiger charge is 2.56. The summed E-state index contributed by atoms with van der Waals surface area (Å²) in [7, 11) is 0. The minimum Gasteiger partial charge on any atom is -0.463 e. The number of pyridine rings is 1. The smallest absolute Gasteiger partial charge is 0.424 e. The molecule has 130 valence electrons. The van der Waals surface area contributed by atoms with Crippen molar-refractivity contribution >= 4 is 5.91 Å². The molecule has 0 spiro atoms. The van der Waals surface area contributed by atoms with Crippen molar-refractivity contribution in [3.63, 3.8) is 0 Å². The Morgan fingerprint density at radius 3 is 2.46 bits per heavy atom. The quantitative estimate of drug-likeness (QED) is 0.876. The predicted molar refractivity (Wildman–Crippen MR) is 79.3 cm³/mol. The number of aliphatic hydroxyl groups is 1. The zero-order chi connectivity index (χ0) is 18.0. The van der Waals surface area contributed by atoms with E-state index in [4.69, 9.17) is 4.42 Å². The Labute approximate surface area is 136 Å². The fourth-order valence-corrected chi connectivity index (χ4v) is 2.12. The monoisotopic (exact) mass is 342 g/mol. The summed E-state index contributed by atoms with van der Waals surface area (Å²) in [5, 5.41) is 12.4. The molecule has 0 radical (unpaired) electrons. The Balaban J connectivity index is 2.06. The van der Waals surface area contributed by atoms with E-state index in [0.717, 1.165) is 6.07 Å². The second-order valence-corrected chi connectivity index (χ2v) is 5.46. The first kappa shape index (κ1) is 18.0. The summed E-state index contributed by atoms with van der Waals surface area (Å²) in [5.41, 5.74) is -2.23. The lowest BCUT2D eigenvalue weighted by atomic mass is 9.95. The van der Waals surface area contributed by atoms with Crippen molar-refractivity contribution in [2.45, 2.75) is 32.0 Å². The van der Waals surface area contributed by atoms with Crippen LogP contribution >= 0.6 is 0 Å². The number of nitrogens with one attached hydrogen (secondary N) is 1. The van der Waals surface area contributed by atoms with Crippen LogP contribution in [0, 0.1) is 13.8 Å². The number of aromatic nitrogens is 1. The van der Waals surface area contributed by atoms with Crippen LogP contribution in [-0.4, -0.2) is 28.7 Å². The molecule has 0 unspecified atom stereocenters. The third kappa shape index (κ3) is 3.76. The molecule has 8 heteroatoms. The number of rotatable bonds is 5. The van der Waals surface area contributed by atoms with E-state index in [2.05, 4.69) is 10.3 Å². The van der Waals surface area contributed by atoms with Crippen molar-refractivity contribution in [2.24, 2.45) is 0 Å². The standard InChI is InChI=1S/C16H17F3N2O3/c1-10-3-5-12(9-21-10)14(22)20-8-7-15(23,16(17,18)19)13-6-4-11(2)24-13/h3-6,9,23H,7-8H2,1-2H3,(H,20,22)/t15-/m0/s1. The van der Waals surface area contributed by atoms with E-state index in [1.165, 1.54) is 25.3 Å². The lowest BCUT2D eigenvalue weighted by Gasteiger charge is -2.28. The first-order valence-corrected chi connectivity index (χ1v) is 7.20. The van der Waals surface area contributed by atoms with Gasteiger partial charge in [0.1, 0.15) is 11.5 Å². The van der Waals surface area contributed by atoms with Gasteiger partial charge in [-0.1, -0.05) is 0 Å². The highest BCUT2D eigenvalue weighted by Crippen LogP contribution is 2.41. The summed E-state index contributed by atoms with van der Waals surface area (Å²) in [6, 6.07) is 5.55. The molecule has 2 rings (SSSR count). The number of hydrogen-bond donors (Lipinski definition) is 2. The molecule has 5 nitrogen and oxygen atoms in total. The highest BCUT2D eigenvalue weighted by atomic mass is 19.4. The van der Waals surface area contributed by atoms with Crippen LogP contribution in [0.4, 0.5) is 13.2 Å². The summed E-state index contributed by atoms with van der Waals surface area (Å²) in [5.74, 6) is -0.913. The molecule has 2 heterocycles. The summed E-state index contributed by atoms with van der Waals surface area (Å²) in [4.78, 5) is 15.8. The third-order valence-electron chi connectivity index (χ3n) is 3.56. The number of carbonyl (C=O) groups is 1. The van der Waals surface area contributed by atoms with Gasteiger partial charge in [0, 0.05) is 24.9 Å². The van der Waals surface area contributed by atoms with Gasteiger partial charge in [-0.25, -0.2) is 0 Å². The molecule has 2 aromatic rings. The molecule has 0 bridgehead atoms. The molecule has 2 aromatic heterocycles. The molecule has 1 amide bonds. The number of carbonyl (C=O) groups excluding carboxylic acids is 1. The molecular formula is C16H17F3N2O3. The number of nitrogens with zero attached hydrogens (tertiary/aromatic N) is 1. The molecule has 24 heavy (non-hydrogen) atoms. The lowest BCUT2D eigenvalue weighted by Crippen LogP contribution is -2.44. The Hall–Kier alpha value is -2.35. The molecule has 0 aliphatic heterocycles. The number of furan rings is 1. The summed E-state index contributed by atoms with van der Waals surface area (Å²) in [6.07, 6.45) is -4.38. The summed E-state index contributed by atoms with van der Waals surface area (Å²) >= 11 is 0. The van der Waals surface area contributed by atoms with Crippen LogP contribution in [0.3, 0.4) is 0 Å². The van der Waals surface area contributed by atoms with Gasteiger partial charge in [-0.05, 0) is 38.1 Å². The van der Waals surface area contributed by atoms with E-state index < -0.39 is 29.9 Å². The van der Waals surface area contributed by atoms with Crippen molar-refractivity contribution in [2.75, 3.05) is 6.54 Å². The second-order valence-electron chi connectivity index (χ2n) is 5.46. The van der Waals surface area contributed by atoms with Gasteiger partial charge < -0.3 is 14.8 Å². The molecule has 2 N–H and O–H groups in total. The largest absolute Gasteiger partial charge is 0.463 e. The number of hydrogen-bond acceptors (Lipinski definition) is 4. The molecule has 0 saturated carbocycles. The van der Waals surface area contributed by atoms with Gasteiger partial charge in [-0.2, -0.15) is 13.2 Å². The van der Waals surface area contributed by atoms with Crippen LogP contribution in [0.15, 0.2) is 34.9 Å². The van der Waals surface area contributed by atoms with Crippen LogP contribution in [0.5, 0.6) is 0 Å². The average molecular weight is 342 g/mol. The maximum absolute atomic E-state index is 13.3. The maximum atomic E-state index is 13.3. The molecule has 0 aliphatic rings. The minimum atomic E-state index is -4.94. The predicted octanol–water partition coefficient (Wildman–Crippen LogP) is 2.86. The molecule has 0 aliphatic carbocycles. The fraction of sp³-hybridized carbons (Fsp3) is 0.375. The zero-order valence-electron chi connectivity index (χ0n) is 13.1. The normalized spacial score (nSPS) is 14.2. The van der Waals surface area contributed by atoms with Gasteiger partial charge in [0.2, 0.25) is 5.60 Å². The van der Waals surface area contributed by atoms with E-state index in [0.29, 0.717) is 5.69 Å². The van der Waals surface area contributed by atoms with Crippen molar-refractivity contribution in [1.29, 1.82) is 0 Å². The van der Waals surface area contributed by atoms with E-state index >= 15 is 0 Å². The summed E-state index contributed by atoms with van der Waals surface area (Å²) < 4.78 is 44.7. The van der Waals surface area contributed by atoms with Crippen LogP contribution in [-0.2, 0) is 5.60 Å². The van der Waals surface area contributed by atoms with E-state index in [1.54, 1.807) is 13.0 Å². The summed E-state index contributed by atoms with van der Waals surface area (Å²) in [6.45, 7) is 2.84. The molecule has 0 fully saturated rings. The second kappa shape index (κ2) is 6.64. The highest BCUT2D eigenvalue weighted by molar-refractivity contribution is 5.93. The van der Waals surface area contributed by atoms with Gasteiger partial charge in [0.05, 0.1) is 5.56 Å². The Bertz CT molecular complexity index is 710. The fourth-order valence-electron chi connectivity index (χ4n) is 2.12. The van der Waals surface area contributed by atoms with Crippen LogP contribution in [0.25, 0.3) is 0 Å². The first-order valence-electron chi connectivity index (χ1n) is 7.20. The maximum Gasteiger partial charge on any atom is 0.424 e. The van der Waals surface area contributed by atoms with Crippen molar-refractivity contribution < 1.29 is 27.5 Å². The van der Waals surface area contributed by atoms with E-state index in [-0.39, 0.29) is 17.9 Å². The molecule has 0 saturated heterocycles. The number of alkyl halides is 3. The molecule has 1 atom stereocenters. The Morgan fingerprint density at radius 1 is 1.25 bits per heavy atom. The number of aryl methyl sites for hydroxylation is 2. The molecule has 0 aromatic carbocycles. The van der Waals surface area contributed by atoms with E-state index in [1.807, 2.05) is 0 Å². The number of amides is 1. The first-order chi connectivity index (χ1) is 11.1. The van der Waals surface area contributed by atoms with Crippen molar-refractivity contribution in [1.82, 2.24) is 10.3 Å². The van der Waals surface area contributed by atoms with Gasteiger partial charge >= 0.3 is 6.18 Å². The Morgan fingerprint density at radius 2 is 1.96 bits per heavy atom. The van der Waals surface area contributed by atoms with Crippen molar-refractivity contribution in [3.8, 4) is 0 Å². The van der Waals surface area contributed by atoms with Crippen LogP contribution in [0.2, 0.25) is 0 Å². The molecular weight excluding hydrogens is 325 g/mol.